The molecule has 0 fully saturated rings. The lowest BCUT2D eigenvalue weighted by molar-refractivity contribution is -0.121. The molecule has 0 bridgehead atoms. The number of carbonyl (C=O) groups is 1. The van der Waals surface area contributed by atoms with E-state index in [9.17, 15) is 4.79 Å². The van der Waals surface area contributed by atoms with E-state index in [2.05, 4.69) is 36.5 Å². The number of hydrogen-bond donors (Lipinski definition) is 1. The molecule has 2 nitrogen and oxygen atoms in total. The van der Waals surface area contributed by atoms with Crippen LogP contribution in [0.3, 0.4) is 0 Å². The molecule has 1 atom stereocenters. The second-order valence-electron chi connectivity index (χ2n) is 4.64. The van der Waals surface area contributed by atoms with Gasteiger partial charge < -0.3 is 5.32 Å². The second kappa shape index (κ2) is 6.53. The van der Waals surface area contributed by atoms with Crippen molar-refractivity contribution < 1.29 is 4.79 Å². The van der Waals surface area contributed by atoms with Gasteiger partial charge in [-0.2, -0.15) is 0 Å². The van der Waals surface area contributed by atoms with Gasteiger partial charge in [-0.3, -0.25) is 4.79 Å². The number of nitrogens with one attached hydrogen (secondary N) is 1. The summed E-state index contributed by atoms with van der Waals surface area (Å²) in [5, 5.41) is 5.04. The fraction of sp³-hybridized carbons (Fsp3) is 0.312. The normalized spacial score (nSPS) is 12.1. The van der Waals surface area contributed by atoms with Crippen LogP contribution in [-0.4, -0.2) is 5.91 Å². The summed E-state index contributed by atoms with van der Waals surface area (Å²) in [7, 11) is 0. The molecule has 1 aromatic carbocycles. The smallest absolute Gasteiger partial charge is 0.225 e. The highest BCUT2D eigenvalue weighted by molar-refractivity contribution is 7.10. The van der Waals surface area contributed by atoms with Gasteiger partial charge in [-0.25, -0.2) is 0 Å². The molecule has 1 aromatic heterocycles. The SMILES string of the molecule is CCc1ccc(C(C)NC(=O)Cc2cccs2)cc1. The number of rotatable bonds is 5. The van der Waals surface area contributed by atoms with E-state index in [4.69, 9.17) is 0 Å². The Morgan fingerprint density at radius 2 is 2.00 bits per heavy atom. The number of benzene rings is 1. The zero-order valence-electron chi connectivity index (χ0n) is 11.3. The van der Waals surface area contributed by atoms with E-state index in [-0.39, 0.29) is 11.9 Å². The van der Waals surface area contributed by atoms with E-state index in [0.29, 0.717) is 6.42 Å². The number of carbonyl (C=O) groups excluding carboxylic acids is 1. The maximum atomic E-state index is 11.9. The lowest BCUT2D eigenvalue weighted by Gasteiger charge is -2.14. The van der Waals surface area contributed by atoms with Crippen LogP contribution in [0.1, 0.15) is 35.9 Å². The van der Waals surface area contributed by atoms with Gasteiger partial charge in [-0.05, 0) is 35.9 Å². The molecule has 1 N–H and O–H groups in total. The molecule has 0 spiro atoms. The third-order valence-corrected chi connectivity index (χ3v) is 4.06. The van der Waals surface area contributed by atoms with Gasteiger partial charge in [-0.15, -0.1) is 11.3 Å². The van der Waals surface area contributed by atoms with Crippen LogP contribution in [0.5, 0.6) is 0 Å². The van der Waals surface area contributed by atoms with Crippen LogP contribution in [0.25, 0.3) is 0 Å². The predicted molar refractivity (Wildman–Crippen MR) is 80.4 cm³/mol. The summed E-state index contributed by atoms with van der Waals surface area (Å²) in [5.74, 6) is 0.0783. The maximum Gasteiger partial charge on any atom is 0.225 e. The first-order valence-electron chi connectivity index (χ1n) is 6.59. The van der Waals surface area contributed by atoms with Crippen LogP contribution in [0.2, 0.25) is 0 Å². The minimum Gasteiger partial charge on any atom is -0.349 e. The van der Waals surface area contributed by atoms with Crippen molar-refractivity contribution >= 4 is 17.2 Å². The zero-order chi connectivity index (χ0) is 13.7. The molecule has 2 rings (SSSR count). The minimum absolute atomic E-state index is 0.0540. The lowest BCUT2D eigenvalue weighted by atomic mass is 10.0. The Bertz CT molecular complexity index is 516. The summed E-state index contributed by atoms with van der Waals surface area (Å²) >= 11 is 1.62. The Labute approximate surface area is 118 Å². The van der Waals surface area contributed by atoms with Crippen molar-refractivity contribution in [2.45, 2.75) is 32.7 Å². The van der Waals surface area contributed by atoms with Gasteiger partial charge in [0.05, 0.1) is 12.5 Å². The first kappa shape index (κ1) is 13.8. The van der Waals surface area contributed by atoms with Crippen LogP contribution in [-0.2, 0) is 17.6 Å². The van der Waals surface area contributed by atoms with Gasteiger partial charge >= 0.3 is 0 Å². The highest BCUT2D eigenvalue weighted by atomic mass is 32.1. The molecule has 1 heterocycles. The van der Waals surface area contributed by atoms with Crippen LogP contribution in [0, 0.1) is 0 Å². The Morgan fingerprint density at radius 1 is 1.26 bits per heavy atom. The minimum atomic E-state index is 0.0540. The number of hydrogen-bond acceptors (Lipinski definition) is 2. The monoisotopic (exact) mass is 273 g/mol. The zero-order valence-corrected chi connectivity index (χ0v) is 12.2. The molecule has 19 heavy (non-hydrogen) atoms. The van der Waals surface area contributed by atoms with E-state index < -0.39 is 0 Å². The summed E-state index contributed by atoms with van der Waals surface area (Å²) in [5.41, 5.74) is 2.47. The predicted octanol–water partition coefficient (Wildman–Crippen LogP) is 3.73. The molecule has 2 aromatic rings. The van der Waals surface area contributed by atoms with Crippen LogP contribution in [0.15, 0.2) is 41.8 Å². The Morgan fingerprint density at radius 3 is 2.58 bits per heavy atom. The Hall–Kier alpha value is -1.61. The van der Waals surface area contributed by atoms with E-state index >= 15 is 0 Å². The van der Waals surface area contributed by atoms with Gasteiger partial charge in [-0.1, -0.05) is 37.3 Å². The third kappa shape index (κ3) is 3.93. The van der Waals surface area contributed by atoms with E-state index in [1.165, 1.54) is 5.56 Å². The van der Waals surface area contributed by atoms with Crippen LogP contribution in [0.4, 0.5) is 0 Å². The molecule has 0 saturated carbocycles. The summed E-state index contributed by atoms with van der Waals surface area (Å²) in [6.07, 6.45) is 1.51. The lowest BCUT2D eigenvalue weighted by Crippen LogP contribution is -2.27. The van der Waals surface area contributed by atoms with E-state index in [1.807, 2.05) is 24.4 Å². The number of aryl methyl sites for hydroxylation is 1. The van der Waals surface area contributed by atoms with E-state index in [1.54, 1.807) is 11.3 Å². The van der Waals surface area contributed by atoms with Gasteiger partial charge in [0.1, 0.15) is 0 Å². The van der Waals surface area contributed by atoms with E-state index in [0.717, 1.165) is 16.9 Å². The van der Waals surface area contributed by atoms with Crippen molar-refractivity contribution in [3.05, 3.63) is 57.8 Å². The standard InChI is InChI=1S/C16H19NOS/c1-3-13-6-8-14(9-7-13)12(2)17-16(18)11-15-5-4-10-19-15/h4-10,12H,3,11H2,1-2H3,(H,17,18). The van der Waals surface area contributed by atoms with Crippen LogP contribution >= 0.6 is 11.3 Å². The van der Waals surface area contributed by atoms with Crippen LogP contribution < -0.4 is 5.32 Å². The molecule has 3 heteroatoms. The number of amides is 1. The maximum absolute atomic E-state index is 11.9. The van der Waals surface area contributed by atoms with Crippen molar-refractivity contribution in [1.29, 1.82) is 0 Å². The highest BCUT2D eigenvalue weighted by Crippen LogP contribution is 2.15. The highest BCUT2D eigenvalue weighted by Gasteiger charge is 2.10. The Kier molecular flexibility index (Phi) is 4.74. The molecule has 0 aliphatic carbocycles. The Balaban J connectivity index is 1.92. The average Bonchev–Trinajstić information content (AvgIpc) is 2.91. The summed E-state index contributed by atoms with van der Waals surface area (Å²) in [6.45, 7) is 4.16. The van der Waals surface area contributed by atoms with Gasteiger partial charge in [0.15, 0.2) is 0 Å². The fourth-order valence-electron chi connectivity index (χ4n) is 1.99. The molecule has 0 aliphatic rings. The van der Waals surface area contributed by atoms with Crippen molar-refractivity contribution in [3.63, 3.8) is 0 Å². The van der Waals surface area contributed by atoms with Crippen molar-refractivity contribution in [1.82, 2.24) is 5.32 Å². The van der Waals surface area contributed by atoms with Crippen molar-refractivity contribution in [2.24, 2.45) is 0 Å². The second-order valence-corrected chi connectivity index (χ2v) is 5.67. The van der Waals surface area contributed by atoms with Crippen molar-refractivity contribution in [3.8, 4) is 0 Å². The third-order valence-electron chi connectivity index (χ3n) is 3.18. The molecule has 100 valence electrons. The molecule has 1 unspecified atom stereocenters. The summed E-state index contributed by atoms with van der Waals surface area (Å²) in [6, 6.07) is 12.4. The first-order valence-corrected chi connectivity index (χ1v) is 7.47. The summed E-state index contributed by atoms with van der Waals surface area (Å²) < 4.78 is 0. The van der Waals surface area contributed by atoms with Crippen molar-refractivity contribution in [2.75, 3.05) is 0 Å². The molecular weight excluding hydrogens is 254 g/mol. The largest absolute Gasteiger partial charge is 0.349 e. The molecule has 1 amide bonds. The molecular formula is C16H19NOS. The number of thiophene rings is 1. The quantitative estimate of drug-likeness (QED) is 0.883. The average molecular weight is 273 g/mol. The molecule has 0 radical (unpaired) electrons. The molecule has 0 saturated heterocycles. The molecule has 0 aliphatic heterocycles. The van der Waals surface area contributed by atoms with Gasteiger partial charge in [0, 0.05) is 4.88 Å². The topological polar surface area (TPSA) is 29.1 Å². The fourth-order valence-corrected chi connectivity index (χ4v) is 2.69. The van der Waals surface area contributed by atoms with Gasteiger partial charge in [0.2, 0.25) is 5.91 Å². The van der Waals surface area contributed by atoms with Gasteiger partial charge in [0.25, 0.3) is 0 Å². The summed E-state index contributed by atoms with van der Waals surface area (Å²) in [4.78, 5) is 13.0. The first-order chi connectivity index (χ1) is 9.19.